The van der Waals surface area contributed by atoms with Gasteiger partial charge in [-0.3, -0.25) is 14.8 Å². The average molecular weight is 340 g/mol. The van der Waals surface area contributed by atoms with Gasteiger partial charge in [0.05, 0.1) is 16.7 Å². The van der Waals surface area contributed by atoms with Gasteiger partial charge in [0.1, 0.15) is 0 Å². The van der Waals surface area contributed by atoms with Crippen LogP contribution < -0.4 is 5.32 Å². The second kappa shape index (κ2) is 6.59. The second-order valence-corrected chi connectivity index (χ2v) is 7.20. The Kier molecular flexibility index (Phi) is 4.29. The lowest BCUT2D eigenvalue weighted by Gasteiger charge is -2.25. The van der Waals surface area contributed by atoms with E-state index in [-0.39, 0.29) is 10.6 Å². The topological polar surface area (TPSA) is 73.0 Å². The minimum Gasteiger partial charge on any atom is -0.312 e. The highest BCUT2D eigenvalue weighted by atomic mass is 16.6. The number of aryl methyl sites for hydroxylation is 1. The van der Waals surface area contributed by atoms with Crippen molar-refractivity contribution in [2.45, 2.75) is 58.0 Å². The predicted molar refractivity (Wildman–Crippen MR) is 96.6 cm³/mol. The van der Waals surface area contributed by atoms with Crippen LogP contribution in [0, 0.1) is 17.0 Å². The van der Waals surface area contributed by atoms with E-state index in [0.29, 0.717) is 11.6 Å². The molecule has 1 aliphatic heterocycles. The highest BCUT2D eigenvalue weighted by molar-refractivity contribution is 5.67. The van der Waals surface area contributed by atoms with E-state index in [4.69, 9.17) is 5.10 Å². The molecule has 6 heteroatoms. The number of nitrogens with zero attached hydrogens (tertiary/aromatic N) is 3. The lowest BCUT2D eigenvalue weighted by atomic mass is 9.95. The largest absolute Gasteiger partial charge is 0.312 e. The van der Waals surface area contributed by atoms with Gasteiger partial charge in [-0.15, -0.1) is 0 Å². The molecule has 6 nitrogen and oxygen atoms in total. The standard InChI is InChI=1S/C19H24N4O2/c1-13-11-14(7-8-17(13)23(24)25)19-16-12-20-10-9-18(16)22(21-19)15-5-3-2-4-6-15/h7-8,11,15,20H,2-6,9-10,12H2,1H3. The first-order valence-corrected chi connectivity index (χ1v) is 9.21. The van der Waals surface area contributed by atoms with E-state index < -0.39 is 0 Å². The molecule has 0 saturated heterocycles. The maximum Gasteiger partial charge on any atom is 0.272 e. The molecule has 0 bridgehead atoms. The summed E-state index contributed by atoms with van der Waals surface area (Å²) in [5.41, 5.74) is 5.46. The van der Waals surface area contributed by atoms with E-state index in [9.17, 15) is 10.1 Å². The molecule has 0 unspecified atom stereocenters. The smallest absolute Gasteiger partial charge is 0.272 e. The fourth-order valence-corrected chi connectivity index (χ4v) is 4.24. The number of nitro groups is 1. The van der Waals surface area contributed by atoms with Crippen molar-refractivity contribution < 1.29 is 4.92 Å². The molecule has 2 aliphatic rings. The molecule has 1 fully saturated rings. The summed E-state index contributed by atoms with van der Waals surface area (Å²) in [6.07, 6.45) is 7.31. The molecule has 132 valence electrons. The third kappa shape index (κ3) is 2.95. The molecule has 1 aromatic carbocycles. The molecule has 0 amide bonds. The maximum absolute atomic E-state index is 11.1. The summed E-state index contributed by atoms with van der Waals surface area (Å²) in [6.45, 7) is 3.61. The number of benzene rings is 1. The molecule has 0 atom stereocenters. The monoisotopic (exact) mass is 340 g/mol. The summed E-state index contributed by atoms with van der Waals surface area (Å²) in [4.78, 5) is 10.8. The molecule has 1 N–H and O–H groups in total. The summed E-state index contributed by atoms with van der Waals surface area (Å²) >= 11 is 0. The number of hydrogen-bond acceptors (Lipinski definition) is 4. The quantitative estimate of drug-likeness (QED) is 0.679. The van der Waals surface area contributed by atoms with Crippen LogP contribution in [0.2, 0.25) is 0 Å². The van der Waals surface area contributed by atoms with Gasteiger partial charge in [0.15, 0.2) is 0 Å². The summed E-state index contributed by atoms with van der Waals surface area (Å²) in [6, 6.07) is 5.86. The van der Waals surface area contributed by atoms with Gasteiger partial charge in [-0.1, -0.05) is 19.3 Å². The van der Waals surface area contributed by atoms with Crippen LogP contribution in [-0.4, -0.2) is 21.2 Å². The highest BCUT2D eigenvalue weighted by Crippen LogP contribution is 2.35. The van der Waals surface area contributed by atoms with Crippen molar-refractivity contribution in [3.8, 4) is 11.3 Å². The van der Waals surface area contributed by atoms with E-state index in [0.717, 1.165) is 30.8 Å². The van der Waals surface area contributed by atoms with Crippen molar-refractivity contribution >= 4 is 5.69 Å². The van der Waals surface area contributed by atoms with E-state index in [1.807, 2.05) is 12.1 Å². The van der Waals surface area contributed by atoms with Gasteiger partial charge in [0, 0.05) is 48.0 Å². The van der Waals surface area contributed by atoms with Crippen LogP contribution in [0.5, 0.6) is 0 Å². The first kappa shape index (κ1) is 16.3. The van der Waals surface area contributed by atoms with Crippen molar-refractivity contribution in [3.63, 3.8) is 0 Å². The van der Waals surface area contributed by atoms with Gasteiger partial charge >= 0.3 is 0 Å². The van der Waals surface area contributed by atoms with Crippen molar-refractivity contribution in [2.75, 3.05) is 6.54 Å². The molecular weight excluding hydrogens is 316 g/mol. The Balaban J connectivity index is 1.78. The molecule has 2 aromatic rings. The van der Waals surface area contributed by atoms with Crippen LogP contribution in [0.4, 0.5) is 5.69 Å². The van der Waals surface area contributed by atoms with Gasteiger partial charge in [0.25, 0.3) is 5.69 Å². The molecule has 0 spiro atoms. The van der Waals surface area contributed by atoms with Gasteiger partial charge in [-0.2, -0.15) is 5.10 Å². The van der Waals surface area contributed by atoms with E-state index >= 15 is 0 Å². The molecular formula is C19H24N4O2. The number of aromatic nitrogens is 2. The number of hydrogen-bond donors (Lipinski definition) is 1. The Bertz CT molecular complexity index is 806. The first-order chi connectivity index (χ1) is 12.1. The van der Waals surface area contributed by atoms with Crippen molar-refractivity contribution in [2.24, 2.45) is 0 Å². The highest BCUT2D eigenvalue weighted by Gasteiger charge is 2.27. The number of fused-ring (bicyclic) bond motifs is 1. The summed E-state index contributed by atoms with van der Waals surface area (Å²) in [7, 11) is 0. The molecule has 4 rings (SSSR count). The zero-order valence-electron chi connectivity index (χ0n) is 14.6. The van der Waals surface area contributed by atoms with E-state index in [2.05, 4.69) is 10.00 Å². The van der Waals surface area contributed by atoms with Crippen molar-refractivity contribution in [1.29, 1.82) is 0 Å². The molecule has 0 radical (unpaired) electrons. The fraction of sp³-hybridized carbons (Fsp3) is 0.526. The maximum atomic E-state index is 11.1. The Morgan fingerprint density at radius 1 is 1.28 bits per heavy atom. The minimum atomic E-state index is -0.323. The SMILES string of the molecule is Cc1cc(-c2nn(C3CCCCC3)c3c2CNCC3)ccc1[N+](=O)[O-]. The van der Waals surface area contributed by atoms with Crippen LogP contribution in [0.25, 0.3) is 11.3 Å². The van der Waals surface area contributed by atoms with Crippen LogP contribution in [0.15, 0.2) is 18.2 Å². The van der Waals surface area contributed by atoms with Crippen LogP contribution in [-0.2, 0) is 13.0 Å². The average Bonchev–Trinajstić information content (AvgIpc) is 3.02. The fourth-order valence-electron chi connectivity index (χ4n) is 4.24. The molecule has 1 saturated carbocycles. The van der Waals surface area contributed by atoms with E-state index in [1.165, 1.54) is 43.4 Å². The predicted octanol–water partition coefficient (Wildman–Crippen LogP) is 3.92. The zero-order chi connectivity index (χ0) is 17.4. The van der Waals surface area contributed by atoms with Crippen LogP contribution >= 0.6 is 0 Å². The first-order valence-electron chi connectivity index (χ1n) is 9.21. The third-order valence-corrected chi connectivity index (χ3v) is 5.55. The number of nitro benzene ring substituents is 1. The van der Waals surface area contributed by atoms with Crippen molar-refractivity contribution in [3.05, 3.63) is 45.1 Å². The molecule has 25 heavy (non-hydrogen) atoms. The Morgan fingerprint density at radius 2 is 2.08 bits per heavy atom. The lowest BCUT2D eigenvalue weighted by Crippen LogP contribution is -2.26. The second-order valence-electron chi connectivity index (χ2n) is 7.20. The molecule has 1 aliphatic carbocycles. The molecule has 1 aromatic heterocycles. The lowest BCUT2D eigenvalue weighted by molar-refractivity contribution is -0.385. The molecule has 2 heterocycles. The van der Waals surface area contributed by atoms with Gasteiger partial charge < -0.3 is 5.32 Å². The van der Waals surface area contributed by atoms with Gasteiger partial charge in [-0.25, -0.2) is 0 Å². The number of rotatable bonds is 3. The Hall–Kier alpha value is -2.21. The van der Waals surface area contributed by atoms with Gasteiger partial charge in [0.2, 0.25) is 0 Å². The summed E-state index contributed by atoms with van der Waals surface area (Å²) in [5.74, 6) is 0. The minimum absolute atomic E-state index is 0.169. The van der Waals surface area contributed by atoms with Crippen LogP contribution in [0.3, 0.4) is 0 Å². The summed E-state index contributed by atoms with van der Waals surface area (Å²) < 4.78 is 2.28. The van der Waals surface area contributed by atoms with E-state index in [1.54, 1.807) is 13.0 Å². The Morgan fingerprint density at radius 3 is 2.80 bits per heavy atom. The third-order valence-electron chi connectivity index (χ3n) is 5.55. The van der Waals surface area contributed by atoms with Crippen LogP contribution in [0.1, 0.15) is 55.0 Å². The zero-order valence-corrected chi connectivity index (χ0v) is 14.6. The normalized spacial score (nSPS) is 18.1. The number of nitrogens with one attached hydrogen (secondary N) is 1. The Labute approximate surface area is 147 Å². The summed E-state index contributed by atoms with van der Waals surface area (Å²) in [5, 5.41) is 19.5. The van der Waals surface area contributed by atoms with Crippen molar-refractivity contribution in [1.82, 2.24) is 15.1 Å². The van der Waals surface area contributed by atoms with Gasteiger partial charge in [-0.05, 0) is 31.9 Å².